The summed E-state index contributed by atoms with van der Waals surface area (Å²) in [6.45, 7) is 9.39. The zero-order chi connectivity index (χ0) is 15.2. The molecule has 0 fully saturated rings. The van der Waals surface area contributed by atoms with Crippen molar-refractivity contribution in [2.75, 3.05) is 0 Å². The van der Waals surface area contributed by atoms with Crippen LogP contribution < -0.4 is 10.1 Å². The number of aromatic nitrogens is 2. The molecule has 0 bridgehead atoms. The van der Waals surface area contributed by atoms with E-state index < -0.39 is 0 Å². The molecule has 1 aromatic heterocycles. The standard InChI is InChI=1S/C16H23N3O2/c1-5-15-18-16(21-19-15)10-20-14-7-6-12(4)8-13(14)9-17-11(2)3/h6-8,11,17H,5,9-10H2,1-4H3. The van der Waals surface area contributed by atoms with Crippen LogP contribution in [0.25, 0.3) is 0 Å². The lowest BCUT2D eigenvalue weighted by atomic mass is 10.1. The van der Waals surface area contributed by atoms with Gasteiger partial charge in [0, 0.05) is 24.6 Å². The highest BCUT2D eigenvalue weighted by molar-refractivity contribution is 5.36. The summed E-state index contributed by atoms with van der Waals surface area (Å²) < 4.78 is 11.0. The Hall–Kier alpha value is -1.88. The van der Waals surface area contributed by atoms with Gasteiger partial charge >= 0.3 is 0 Å². The Morgan fingerprint density at radius 2 is 2.14 bits per heavy atom. The lowest BCUT2D eigenvalue weighted by molar-refractivity contribution is 0.240. The monoisotopic (exact) mass is 289 g/mol. The molecule has 0 spiro atoms. The van der Waals surface area contributed by atoms with Gasteiger partial charge in [-0.15, -0.1) is 0 Å². The first-order chi connectivity index (χ1) is 10.1. The Bertz CT molecular complexity index is 579. The third-order valence-corrected chi connectivity index (χ3v) is 3.09. The topological polar surface area (TPSA) is 60.2 Å². The fourth-order valence-electron chi connectivity index (χ4n) is 1.93. The molecule has 0 aliphatic rings. The van der Waals surface area contributed by atoms with Gasteiger partial charge in [0.2, 0.25) is 0 Å². The predicted octanol–water partition coefficient (Wildman–Crippen LogP) is 3.02. The Morgan fingerprint density at radius 3 is 2.81 bits per heavy atom. The van der Waals surface area contributed by atoms with Gasteiger partial charge < -0.3 is 14.6 Å². The van der Waals surface area contributed by atoms with Gasteiger partial charge in [0.1, 0.15) is 5.75 Å². The molecule has 0 radical (unpaired) electrons. The smallest absolute Gasteiger partial charge is 0.264 e. The maximum absolute atomic E-state index is 5.83. The van der Waals surface area contributed by atoms with Crippen LogP contribution in [0.15, 0.2) is 22.7 Å². The molecule has 114 valence electrons. The Kier molecular flexibility index (Phi) is 5.33. The Labute approximate surface area is 125 Å². The van der Waals surface area contributed by atoms with Crippen LogP contribution in [0, 0.1) is 6.92 Å². The van der Waals surface area contributed by atoms with Crippen molar-refractivity contribution in [2.45, 2.75) is 53.3 Å². The molecule has 1 N–H and O–H groups in total. The second kappa shape index (κ2) is 7.22. The fourth-order valence-corrected chi connectivity index (χ4v) is 1.93. The van der Waals surface area contributed by atoms with Gasteiger partial charge in [-0.3, -0.25) is 0 Å². The van der Waals surface area contributed by atoms with Crippen LogP contribution in [0.4, 0.5) is 0 Å². The van der Waals surface area contributed by atoms with Crippen molar-refractivity contribution in [1.82, 2.24) is 15.5 Å². The molecule has 2 rings (SSSR count). The van der Waals surface area contributed by atoms with Crippen molar-refractivity contribution >= 4 is 0 Å². The van der Waals surface area contributed by atoms with Crippen LogP contribution in [0.5, 0.6) is 5.75 Å². The van der Waals surface area contributed by atoms with Crippen molar-refractivity contribution in [1.29, 1.82) is 0 Å². The minimum absolute atomic E-state index is 0.296. The van der Waals surface area contributed by atoms with Crippen LogP contribution >= 0.6 is 0 Å². The SMILES string of the molecule is CCc1noc(COc2ccc(C)cc2CNC(C)C)n1. The molecule has 2 aromatic rings. The molecular formula is C16H23N3O2. The number of ether oxygens (including phenoxy) is 1. The van der Waals surface area contributed by atoms with Gasteiger partial charge in [-0.25, -0.2) is 0 Å². The number of aryl methyl sites for hydroxylation is 2. The summed E-state index contributed by atoms with van der Waals surface area (Å²) in [7, 11) is 0. The average molecular weight is 289 g/mol. The zero-order valence-electron chi connectivity index (χ0n) is 13.1. The lowest BCUT2D eigenvalue weighted by Crippen LogP contribution is -2.22. The van der Waals surface area contributed by atoms with Gasteiger partial charge in [0.15, 0.2) is 12.4 Å². The summed E-state index contributed by atoms with van der Waals surface area (Å²) in [6.07, 6.45) is 0.761. The number of hydrogen-bond donors (Lipinski definition) is 1. The first-order valence-corrected chi connectivity index (χ1v) is 7.35. The highest BCUT2D eigenvalue weighted by Crippen LogP contribution is 2.21. The normalized spacial score (nSPS) is 11.1. The number of hydrogen-bond acceptors (Lipinski definition) is 5. The molecule has 0 amide bonds. The zero-order valence-corrected chi connectivity index (χ0v) is 13.1. The summed E-state index contributed by atoms with van der Waals surface area (Å²) >= 11 is 0. The third-order valence-electron chi connectivity index (χ3n) is 3.09. The summed E-state index contributed by atoms with van der Waals surface area (Å²) in [5, 5.41) is 7.27. The van der Waals surface area contributed by atoms with E-state index in [0.29, 0.717) is 24.4 Å². The highest BCUT2D eigenvalue weighted by Gasteiger charge is 2.09. The summed E-state index contributed by atoms with van der Waals surface area (Å²) in [6, 6.07) is 6.60. The Morgan fingerprint density at radius 1 is 1.33 bits per heavy atom. The van der Waals surface area contributed by atoms with Crippen LogP contribution in [0.3, 0.4) is 0 Å². The minimum atomic E-state index is 0.296. The predicted molar refractivity (Wildman–Crippen MR) is 81.2 cm³/mol. The largest absolute Gasteiger partial charge is 0.483 e. The van der Waals surface area contributed by atoms with E-state index in [1.807, 2.05) is 19.1 Å². The molecule has 0 atom stereocenters. The maximum atomic E-state index is 5.83. The lowest BCUT2D eigenvalue weighted by Gasteiger charge is -2.13. The molecule has 0 unspecified atom stereocenters. The number of nitrogens with one attached hydrogen (secondary N) is 1. The van der Waals surface area contributed by atoms with E-state index in [-0.39, 0.29) is 0 Å². The van der Waals surface area contributed by atoms with Crippen LogP contribution in [0.2, 0.25) is 0 Å². The molecule has 1 aromatic carbocycles. The van der Waals surface area contributed by atoms with Crippen molar-refractivity contribution in [3.8, 4) is 5.75 Å². The summed E-state index contributed by atoms with van der Waals surface area (Å²) in [5.41, 5.74) is 2.35. The molecule has 5 nitrogen and oxygen atoms in total. The summed E-state index contributed by atoms with van der Waals surface area (Å²) in [5.74, 6) is 2.07. The molecule has 0 saturated heterocycles. The minimum Gasteiger partial charge on any atom is -0.483 e. The quantitative estimate of drug-likeness (QED) is 0.849. The first kappa shape index (κ1) is 15.5. The number of benzene rings is 1. The van der Waals surface area contributed by atoms with Crippen LogP contribution in [-0.2, 0) is 19.6 Å². The molecule has 0 aliphatic heterocycles. The number of rotatable bonds is 7. The first-order valence-electron chi connectivity index (χ1n) is 7.35. The molecule has 1 heterocycles. The summed E-state index contributed by atoms with van der Waals surface area (Å²) in [4.78, 5) is 4.25. The van der Waals surface area contributed by atoms with Crippen LogP contribution in [0.1, 0.15) is 43.6 Å². The van der Waals surface area contributed by atoms with E-state index in [0.717, 1.165) is 24.3 Å². The van der Waals surface area contributed by atoms with Gasteiger partial charge in [0.05, 0.1) is 0 Å². The van der Waals surface area contributed by atoms with Gasteiger partial charge in [0.25, 0.3) is 5.89 Å². The fraction of sp³-hybridized carbons (Fsp3) is 0.500. The van der Waals surface area contributed by atoms with E-state index >= 15 is 0 Å². The molecule has 0 aliphatic carbocycles. The molecule has 5 heteroatoms. The Balaban J connectivity index is 2.04. The van der Waals surface area contributed by atoms with Gasteiger partial charge in [-0.2, -0.15) is 4.98 Å². The van der Waals surface area contributed by atoms with Crippen molar-refractivity contribution in [3.05, 3.63) is 41.0 Å². The maximum Gasteiger partial charge on any atom is 0.264 e. The molecule has 21 heavy (non-hydrogen) atoms. The van der Waals surface area contributed by atoms with E-state index in [2.05, 4.69) is 42.3 Å². The van der Waals surface area contributed by atoms with E-state index in [4.69, 9.17) is 9.26 Å². The van der Waals surface area contributed by atoms with E-state index in [1.165, 1.54) is 5.56 Å². The average Bonchev–Trinajstić information content (AvgIpc) is 2.92. The van der Waals surface area contributed by atoms with Gasteiger partial charge in [-0.1, -0.05) is 43.6 Å². The second-order valence-corrected chi connectivity index (χ2v) is 5.39. The van der Waals surface area contributed by atoms with Gasteiger partial charge in [-0.05, 0) is 13.0 Å². The van der Waals surface area contributed by atoms with Crippen LogP contribution in [-0.4, -0.2) is 16.2 Å². The number of nitrogens with zero attached hydrogens (tertiary/aromatic N) is 2. The van der Waals surface area contributed by atoms with Crippen molar-refractivity contribution in [3.63, 3.8) is 0 Å². The van der Waals surface area contributed by atoms with E-state index in [9.17, 15) is 0 Å². The second-order valence-electron chi connectivity index (χ2n) is 5.39. The third kappa shape index (κ3) is 4.56. The van der Waals surface area contributed by atoms with E-state index in [1.54, 1.807) is 0 Å². The van der Waals surface area contributed by atoms with Crippen molar-refractivity contribution in [2.24, 2.45) is 0 Å². The highest BCUT2D eigenvalue weighted by atomic mass is 16.5. The molecular weight excluding hydrogens is 266 g/mol. The molecule has 0 saturated carbocycles. The van der Waals surface area contributed by atoms with Crippen molar-refractivity contribution < 1.29 is 9.26 Å².